The van der Waals surface area contributed by atoms with Crippen LogP contribution in [0.5, 0.6) is 0 Å². The van der Waals surface area contributed by atoms with Crippen LogP contribution >= 0.6 is 0 Å². The molecule has 3 rings (SSSR count). The van der Waals surface area contributed by atoms with E-state index >= 15 is 0 Å². The van der Waals surface area contributed by atoms with Gasteiger partial charge < -0.3 is 15.5 Å². The Morgan fingerprint density at radius 3 is 2.10 bits per heavy atom. The van der Waals surface area contributed by atoms with Crippen molar-refractivity contribution >= 4 is 17.8 Å². The molecule has 2 aromatic rings. The van der Waals surface area contributed by atoms with Crippen LogP contribution in [0.15, 0.2) is 54.6 Å². The maximum Gasteiger partial charge on any atom is 0.414 e. The topological polar surface area (TPSA) is 107 Å². The molecule has 0 bridgehead atoms. The Morgan fingerprint density at radius 1 is 0.935 bits per heavy atom. The van der Waals surface area contributed by atoms with E-state index < -0.39 is 11.9 Å². The van der Waals surface area contributed by atoms with Crippen LogP contribution in [-0.2, 0) is 27.3 Å². The first-order chi connectivity index (χ1) is 14.9. The van der Waals surface area contributed by atoms with Crippen molar-refractivity contribution in [1.82, 2.24) is 10.2 Å². The minimum Gasteiger partial charge on any atom is -0.473 e. The van der Waals surface area contributed by atoms with Gasteiger partial charge in [-0.15, -0.1) is 0 Å². The molecule has 0 aromatic heterocycles. The van der Waals surface area contributed by atoms with E-state index in [0.29, 0.717) is 13.1 Å². The number of hydrogen-bond donors (Lipinski definition) is 3. The largest absolute Gasteiger partial charge is 0.473 e. The molecule has 0 radical (unpaired) electrons. The summed E-state index contributed by atoms with van der Waals surface area (Å²) in [6.07, 6.45) is 2.54. The number of aliphatic carboxylic acids is 2. The lowest BCUT2D eigenvalue weighted by atomic mass is 9.95. The molecule has 1 saturated heterocycles. The fourth-order valence-corrected chi connectivity index (χ4v) is 3.34. The number of rotatable bonds is 6. The van der Waals surface area contributed by atoms with Gasteiger partial charge in [-0.05, 0) is 44.0 Å². The summed E-state index contributed by atoms with van der Waals surface area (Å²) in [5, 5.41) is 17.8. The molecule has 0 spiro atoms. The van der Waals surface area contributed by atoms with Crippen LogP contribution in [0.3, 0.4) is 0 Å². The van der Waals surface area contributed by atoms with Gasteiger partial charge in [-0.3, -0.25) is 9.69 Å². The van der Waals surface area contributed by atoms with E-state index in [1.807, 2.05) is 30.3 Å². The van der Waals surface area contributed by atoms with Crippen LogP contribution in [0.4, 0.5) is 4.39 Å². The van der Waals surface area contributed by atoms with Crippen molar-refractivity contribution in [3.63, 3.8) is 0 Å². The fourth-order valence-electron chi connectivity index (χ4n) is 3.34. The molecule has 1 aliphatic rings. The molecule has 3 N–H and O–H groups in total. The Hall–Kier alpha value is -3.26. The number of likely N-dealkylation sites (tertiary alicyclic amines) is 1. The molecular formula is C23H27FN2O5. The van der Waals surface area contributed by atoms with E-state index in [4.69, 9.17) is 19.8 Å². The summed E-state index contributed by atoms with van der Waals surface area (Å²) >= 11 is 0. The zero-order valence-corrected chi connectivity index (χ0v) is 17.2. The minimum atomic E-state index is -1.82. The van der Waals surface area contributed by atoms with E-state index in [1.54, 1.807) is 6.07 Å². The van der Waals surface area contributed by atoms with Gasteiger partial charge in [0.05, 0.1) is 0 Å². The molecule has 7 nitrogen and oxygen atoms in total. The molecule has 0 unspecified atom stereocenters. The second-order valence-corrected chi connectivity index (χ2v) is 7.28. The lowest BCUT2D eigenvalue weighted by Crippen LogP contribution is -2.40. The highest BCUT2D eigenvalue weighted by atomic mass is 19.1. The number of nitrogens with zero attached hydrogens (tertiary/aromatic N) is 1. The Kier molecular flexibility index (Phi) is 9.64. The average Bonchev–Trinajstić information content (AvgIpc) is 2.77. The number of halogens is 1. The van der Waals surface area contributed by atoms with Gasteiger partial charge in [0.1, 0.15) is 5.82 Å². The first kappa shape index (κ1) is 24.0. The zero-order chi connectivity index (χ0) is 22.6. The Balaban J connectivity index is 0.000000501. The molecular weight excluding hydrogens is 403 g/mol. The van der Waals surface area contributed by atoms with E-state index in [9.17, 15) is 9.18 Å². The molecule has 1 fully saturated rings. The third kappa shape index (κ3) is 8.55. The number of carbonyl (C=O) groups excluding carboxylic acids is 1. The monoisotopic (exact) mass is 430 g/mol. The predicted octanol–water partition coefficient (Wildman–Crippen LogP) is 2.55. The van der Waals surface area contributed by atoms with E-state index in [0.717, 1.165) is 37.9 Å². The minimum absolute atomic E-state index is 0.0765. The molecule has 1 heterocycles. The molecule has 8 heteroatoms. The number of amides is 1. The van der Waals surface area contributed by atoms with Gasteiger partial charge in [0.25, 0.3) is 0 Å². The van der Waals surface area contributed by atoms with Gasteiger partial charge in [-0.1, -0.05) is 48.5 Å². The number of carboxylic acid groups (broad SMARTS) is 2. The van der Waals surface area contributed by atoms with Gasteiger partial charge in [-0.25, -0.2) is 14.0 Å². The number of hydrogen-bond acceptors (Lipinski definition) is 4. The number of piperidine rings is 1. The highest BCUT2D eigenvalue weighted by Gasteiger charge is 2.25. The van der Waals surface area contributed by atoms with E-state index in [-0.39, 0.29) is 17.6 Å². The van der Waals surface area contributed by atoms with Crippen LogP contribution in [-0.4, -0.2) is 52.6 Å². The SMILES string of the molecule is O=C(NCCc1ccccc1)C1CCN(Cc2ccccc2F)CC1.O=C(O)C(=O)O. The summed E-state index contributed by atoms with van der Waals surface area (Å²) in [6, 6.07) is 17.1. The van der Waals surface area contributed by atoms with Gasteiger partial charge >= 0.3 is 11.9 Å². The van der Waals surface area contributed by atoms with Crippen molar-refractivity contribution in [2.45, 2.75) is 25.8 Å². The Bertz CT molecular complexity index is 855. The second-order valence-electron chi connectivity index (χ2n) is 7.28. The maximum atomic E-state index is 13.7. The maximum absolute atomic E-state index is 13.7. The van der Waals surface area contributed by atoms with Gasteiger partial charge in [0.2, 0.25) is 5.91 Å². The third-order valence-corrected chi connectivity index (χ3v) is 5.05. The quantitative estimate of drug-likeness (QED) is 0.608. The summed E-state index contributed by atoms with van der Waals surface area (Å²) in [7, 11) is 0. The summed E-state index contributed by atoms with van der Waals surface area (Å²) in [6.45, 7) is 2.98. The summed E-state index contributed by atoms with van der Waals surface area (Å²) in [5.74, 6) is -3.57. The molecule has 1 aliphatic heterocycles. The van der Waals surface area contributed by atoms with Crippen LogP contribution in [0.25, 0.3) is 0 Å². The number of benzene rings is 2. The van der Waals surface area contributed by atoms with Gasteiger partial charge in [0.15, 0.2) is 0 Å². The summed E-state index contributed by atoms with van der Waals surface area (Å²) < 4.78 is 13.7. The highest BCUT2D eigenvalue weighted by molar-refractivity contribution is 6.27. The number of carboxylic acids is 2. The van der Waals surface area contributed by atoms with Gasteiger partial charge in [0, 0.05) is 24.6 Å². The third-order valence-electron chi connectivity index (χ3n) is 5.05. The van der Waals surface area contributed by atoms with Gasteiger partial charge in [-0.2, -0.15) is 0 Å². The van der Waals surface area contributed by atoms with E-state index in [1.165, 1.54) is 11.6 Å². The summed E-state index contributed by atoms with van der Waals surface area (Å²) in [5.41, 5.74) is 1.97. The average molecular weight is 430 g/mol. The van der Waals surface area contributed by atoms with E-state index in [2.05, 4.69) is 22.3 Å². The Morgan fingerprint density at radius 2 is 1.52 bits per heavy atom. The van der Waals surface area contributed by atoms with Crippen molar-refractivity contribution in [1.29, 1.82) is 0 Å². The predicted molar refractivity (Wildman–Crippen MR) is 113 cm³/mol. The van der Waals surface area contributed by atoms with Crippen LogP contribution in [0, 0.1) is 11.7 Å². The Labute approximate surface area is 180 Å². The van der Waals surface area contributed by atoms with Crippen molar-refractivity contribution in [3.8, 4) is 0 Å². The molecule has 1 amide bonds. The number of nitrogens with one attached hydrogen (secondary N) is 1. The molecule has 0 atom stereocenters. The van der Waals surface area contributed by atoms with Crippen LogP contribution < -0.4 is 5.32 Å². The number of carbonyl (C=O) groups is 3. The molecule has 0 saturated carbocycles. The lowest BCUT2D eigenvalue weighted by molar-refractivity contribution is -0.159. The smallest absolute Gasteiger partial charge is 0.414 e. The van der Waals surface area contributed by atoms with Crippen LogP contribution in [0.1, 0.15) is 24.0 Å². The van der Waals surface area contributed by atoms with Crippen LogP contribution in [0.2, 0.25) is 0 Å². The molecule has 166 valence electrons. The van der Waals surface area contributed by atoms with Crippen molar-refractivity contribution in [2.75, 3.05) is 19.6 Å². The zero-order valence-electron chi connectivity index (χ0n) is 17.2. The first-order valence-corrected chi connectivity index (χ1v) is 10.1. The normalized spacial score (nSPS) is 14.2. The molecule has 0 aliphatic carbocycles. The molecule has 2 aromatic carbocycles. The fraction of sp³-hybridized carbons (Fsp3) is 0.348. The van der Waals surface area contributed by atoms with Crippen molar-refractivity contribution in [2.24, 2.45) is 5.92 Å². The van der Waals surface area contributed by atoms with Crippen molar-refractivity contribution < 1.29 is 29.0 Å². The lowest BCUT2D eigenvalue weighted by Gasteiger charge is -2.31. The first-order valence-electron chi connectivity index (χ1n) is 10.1. The highest BCUT2D eigenvalue weighted by Crippen LogP contribution is 2.20. The molecule has 31 heavy (non-hydrogen) atoms. The van der Waals surface area contributed by atoms with Crippen molar-refractivity contribution in [3.05, 3.63) is 71.5 Å². The second kappa shape index (κ2) is 12.4. The standard InChI is InChI=1S/C21H25FN2O.C2H2O4/c22-20-9-5-4-8-19(20)16-24-14-11-18(12-15-24)21(25)23-13-10-17-6-2-1-3-7-17;3-1(4)2(5)6/h1-9,18H,10-16H2,(H,23,25);(H,3,4)(H,5,6). The summed E-state index contributed by atoms with van der Waals surface area (Å²) in [4.78, 5) is 32.7.